The van der Waals surface area contributed by atoms with Crippen molar-refractivity contribution in [1.82, 2.24) is 4.90 Å². The Hall–Kier alpha value is 0.230. The summed E-state index contributed by atoms with van der Waals surface area (Å²) in [6.07, 6.45) is -3.37. The fourth-order valence-corrected chi connectivity index (χ4v) is 2.46. The van der Waals surface area contributed by atoms with Crippen LogP contribution >= 0.6 is 15.9 Å². The van der Waals surface area contributed by atoms with Gasteiger partial charge in [0.1, 0.15) is 0 Å². The van der Waals surface area contributed by atoms with Crippen molar-refractivity contribution in [3.05, 3.63) is 0 Å². The molecule has 15 heavy (non-hydrogen) atoms. The van der Waals surface area contributed by atoms with Crippen LogP contribution in [0.25, 0.3) is 0 Å². The van der Waals surface area contributed by atoms with Crippen LogP contribution in [-0.2, 0) is 0 Å². The Bertz CT molecular complexity index is 196. The van der Waals surface area contributed by atoms with E-state index in [9.17, 15) is 13.2 Å². The molecule has 0 radical (unpaired) electrons. The van der Waals surface area contributed by atoms with E-state index in [0.717, 1.165) is 19.5 Å². The van der Waals surface area contributed by atoms with Gasteiger partial charge in [-0.3, -0.25) is 0 Å². The Kier molecular flexibility index (Phi) is 4.90. The monoisotopic (exact) mass is 287 g/mol. The fraction of sp³-hybridized carbons (Fsp3) is 1.00. The van der Waals surface area contributed by atoms with Gasteiger partial charge in [-0.05, 0) is 31.8 Å². The van der Waals surface area contributed by atoms with E-state index < -0.39 is 12.6 Å². The minimum atomic E-state index is -4.00. The zero-order chi connectivity index (χ0) is 11.5. The first kappa shape index (κ1) is 13.3. The van der Waals surface area contributed by atoms with Gasteiger partial charge >= 0.3 is 6.18 Å². The number of piperidine rings is 1. The quantitative estimate of drug-likeness (QED) is 0.719. The van der Waals surface area contributed by atoms with Crippen molar-refractivity contribution >= 4 is 15.9 Å². The Morgan fingerprint density at radius 1 is 1.40 bits per heavy atom. The second kappa shape index (κ2) is 5.53. The van der Waals surface area contributed by atoms with Crippen LogP contribution < -0.4 is 0 Å². The van der Waals surface area contributed by atoms with Gasteiger partial charge in [0.05, 0.1) is 0 Å². The highest BCUT2D eigenvalue weighted by Crippen LogP contribution is 2.25. The second-order valence-electron chi connectivity index (χ2n) is 4.30. The van der Waals surface area contributed by atoms with E-state index in [0.29, 0.717) is 17.3 Å². The Balaban J connectivity index is 2.17. The summed E-state index contributed by atoms with van der Waals surface area (Å²) in [6, 6.07) is 0. The fourth-order valence-electron chi connectivity index (χ4n) is 1.79. The molecule has 0 aromatic carbocycles. The summed E-state index contributed by atoms with van der Waals surface area (Å²) < 4.78 is 35.8. The molecule has 1 nitrogen and oxygen atoms in total. The predicted molar refractivity (Wildman–Crippen MR) is 58.2 cm³/mol. The van der Waals surface area contributed by atoms with Crippen LogP contribution in [0.5, 0.6) is 0 Å². The summed E-state index contributed by atoms with van der Waals surface area (Å²) >= 11 is 3.56. The minimum absolute atomic E-state index is 0.220. The average molecular weight is 288 g/mol. The molecule has 0 N–H and O–H groups in total. The summed E-state index contributed by atoms with van der Waals surface area (Å²) in [7, 11) is 0. The molecule has 1 fully saturated rings. The second-order valence-corrected chi connectivity index (χ2v) is 5.48. The number of hydrogen-bond donors (Lipinski definition) is 0. The lowest BCUT2D eigenvalue weighted by Gasteiger charge is -2.34. The third kappa shape index (κ3) is 5.20. The lowest BCUT2D eigenvalue weighted by atomic mass is 9.99. The van der Waals surface area contributed by atoms with E-state index in [-0.39, 0.29) is 6.42 Å². The van der Waals surface area contributed by atoms with E-state index >= 15 is 0 Å². The summed E-state index contributed by atoms with van der Waals surface area (Å²) in [5.41, 5.74) is 0. The predicted octanol–water partition coefficient (Wildman–Crippen LogP) is 3.43. The molecule has 0 aromatic heterocycles. The van der Waals surface area contributed by atoms with Crippen molar-refractivity contribution in [2.75, 3.05) is 19.6 Å². The summed E-state index contributed by atoms with van der Waals surface area (Å²) in [4.78, 5) is 2.54. The van der Waals surface area contributed by atoms with Gasteiger partial charge in [0.15, 0.2) is 0 Å². The molecule has 1 aliphatic heterocycles. The van der Waals surface area contributed by atoms with E-state index in [1.54, 1.807) is 0 Å². The highest BCUT2D eigenvalue weighted by molar-refractivity contribution is 9.09. The van der Waals surface area contributed by atoms with Gasteiger partial charge in [0.2, 0.25) is 0 Å². The summed E-state index contributed by atoms with van der Waals surface area (Å²) in [5, 5.41) is 0. The van der Waals surface area contributed by atoms with Crippen LogP contribution in [0.3, 0.4) is 0 Å². The number of rotatable bonds is 3. The summed E-state index contributed by atoms with van der Waals surface area (Å²) in [6.45, 7) is 4.54. The smallest absolute Gasteiger partial charge is 0.302 e. The first-order valence-electron chi connectivity index (χ1n) is 5.31. The van der Waals surface area contributed by atoms with Crippen LogP contribution in [0.1, 0.15) is 26.2 Å². The largest absolute Gasteiger partial charge is 0.389 e. The maximum absolute atomic E-state index is 11.9. The minimum Gasteiger partial charge on any atom is -0.302 e. The van der Waals surface area contributed by atoms with E-state index in [1.165, 1.54) is 0 Å². The van der Waals surface area contributed by atoms with Crippen molar-refractivity contribution < 1.29 is 13.2 Å². The van der Waals surface area contributed by atoms with Gasteiger partial charge in [-0.25, -0.2) is 0 Å². The molecule has 2 unspecified atom stereocenters. The highest BCUT2D eigenvalue weighted by Gasteiger charge is 2.28. The molecule has 5 heteroatoms. The first-order chi connectivity index (χ1) is 6.88. The Labute approximate surface area is 97.1 Å². The molecule has 0 spiro atoms. The molecular weight excluding hydrogens is 271 g/mol. The van der Waals surface area contributed by atoms with Crippen LogP contribution in [0.4, 0.5) is 13.2 Å². The first-order valence-corrected chi connectivity index (χ1v) is 6.23. The zero-order valence-electron chi connectivity index (χ0n) is 8.86. The van der Waals surface area contributed by atoms with Gasteiger partial charge in [-0.2, -0.15) is 13.2 Å². The average Bonchev–Trinajstić information content (AvgIpc) is 2.09. The maximum Gasteiger partial charge on any atom is 0.389 e. The molecule has 1 rings (SSSR count). The van der Waals surface area contributed by atoms with Gasteiger partial charge in [0, 0.05) is 17.8 Å². The number of hydrogen-bond acceptors (Lipinski definition) is 1. The van der Waals surface area contributed by atoms with Crippen molar-refractivity contribution in [1.29, 1.82) is 0 Å². The van der Waals surface area contributed by atoms with Gasteiger partial charge < -0.3 is 4.90 Å². The van der Waals surface area contributed by atoms with Crippen molar-refractivity contribution in [3.63, 3.8) is 0 Å². The molecule has 0 bridgehead atoms. The Morgan fingerprint density at radius 3 is 2.60 bits per heavy atom. The molecular formula is C10H17BrF3N. The number of alkyl halides is 4. The van der Waals surface area contributed by atoms with Gasteiger partial charge in [-0.1, -0.05) is 22.9 Å². The van der Waals surface area contributed by atoms with E-state index in [4.69, 9.17) is 0 Å². The number of likely N-dealkylation sites (tertiary alicyclic amines) is 1. The van der Waals surface area contributed by atoms with Gasteiger partial charge in [-0.15, -0.1) is 0 Å². The third-order valence-electron chi connectivity index (χ3n) is 2.89. The van der Waals surface area contributed by atoms with E-state index in [2.05, 4.69) is 27.8 Å². The zero-order valence-corrected chi connectivity index (χ0v) is 10.4. The molecule has 90 valence electrons. The van der Waals surface area contributed by atoms with Crippen LogP contribution in [-0.4, -0.2) is 35.5 Å². The lowest BCUT2D eigenvalue weighted by Crippen LogP contribution is -2.40. The Morgan fingerprint density at radius 2 is 2.07 bits per heavy atom. The van der Waals surface area contributed by atoms with Crippen molar-refractivity contribution in [2.45, 2.75) is 37.2 Å². The molecule has 1 saturated heterocycles. The third-order valence-corrected chi connectivity index (χ3v) is 4.08. The lowest BCUT2D eigenvalue weighted by molar-refractivity contribution is -0.136. The van der Waals surface area contributed by atoms with Crippen molar-refractivity contribution in [3.8, 4) is 0 Å². The maximum atomic E-state index is 11.9. The number of nitrogens with zero attached hydrogens (tertiary/aromatic N) is 1. The topological polar surface area (TPSA) is 3.24 Å². The molecule has 0 aromatic rings. The van der Waals surface area contributed by atoms with Crippen LogP contribution in [0, 0.1) is 5.92 Å². The normalized spacial score (nSPS) is 29.4. The molecule has 0 amide bonds. The molecule has 0 aliphatic carbocycles. The van der Waals surface area contributed by atoms with Crippen LogP contribution in [0.2, 0.25) is 0 Å². The molecule has 1 aliphatic rings. The van der Waals surface area contributed by atoms with E-state index in [1.807, 2.05) is 0 Å². The van der Waals surface area contributed by atoms with Crippen LogP contribution in [0.15, 0.2) is 0 Å². The molecule has 0 saturated carbocycles. The standard InChI is InChI=1S/C10H17BrF3N/c1-8-3-6-15(7-9(8)11)5-2-4-10(12,13)14/h8-9H,2-7H2,1H3. The van der Waals surface area contributed by atoms with Gasteiger partial charge in [0.25, 0.3) is 0 Å². The molecule has 2 atom stereocenters. The molecule has 1 heterocycles. The summed E-state index contributed by atoms with van der Waals surface area (Å²) in [5.74, 6) is 0.629. The SMILES string of the molecule is CC1CCN(CCCC(F)(F)F)CC1Br. The number of halogens is 4. The van der Waals surface area contributed by atoms with Crippen molar-refractivity contribution in [2.24, 2.45) is 5.92 Å². The highest BCUT2D eigenvalue weighted by atomic mass is 79.9.